The zero-order valence-electron chi connectivity index (χ0n) is 30.8. The van der Waals surface area contributed by atoms with E-state index in [0.29, 0.717) is 0 Å². The van der Waals surface area contributed by atoms with E-state index in [0.717, 1.165) is 77.5 Å². The summed E-state index contributed by atoms with van der Waals surface area (Å²) in [4.78, 5) is 2.37. The van der Waals surface area contributed by atoms with Crippen LogP contribution in [-0.2, 0) is 0 Å². The number of hydrogen-bond donors (Lipinski definition) is 0. The molecule has 0 aliphatic heterocycles. The van der Waals surface area contributed by atoms with Crippen molar-refractivity contribution in [1.82, 2.24) is 0 Å². The van der Waals surface area contributed by atoms with Gasteiger partial charge < -0.3 is 13.7 Å². The number of para-hydroxylation sites is 3. The Balaban J connectivity index is 1.07. The van der Waals surface area contributed by atoms with Crippen molar-refractivity contribution in [2.45, 2.75) is 0 Å². The van der Waals surface area contributed by atoms with E-state index in [9.17, 15) is 0 Å². The zero-order valence-corrected chi connectivity index (χ0v) is 30.8. The molecule has 0 saturated heterocycles. The standard InChI is InChI=1S/C54H33NO2/c1-4-15-40-34(12-1)26-30-47-46-21-11-20-45(54(46)57-53(40)47)43-18-7-9-22-50(43)55(38-29-31-52-49(33-38)44-19-8-10-23-51(44)56-52)37-27-24-35(25-28-37)48-32-36-13-2-3-14-39(36)41-16-5-6-17-42(41)48/h1-33H. The minimum Gasteiger partial charge on any atom is -0.456 e. The molecule has 0 unspecified atom stereocenters. The van der Waals surface area contributed by atoms with Crippen LogP contribution in [0.3, 0.4) is 0 Å². The molecule has 12 aromatic rings. The van der Waals surface area contributed by atoms with Gasteiger partial charge in [0.25, 0.3) is 0 Å². The van der Waals surface area contributed by atoms with Gasteiger partial charge in [-0.25, -0.2) is 0 Å². The third kappa shape index (κ3) is 4.92. The second-order valence-electron chi connectivity index (χ2n) is 14.8. The second-order valence-corrected chi connectivity index (χ2v) is 14.8. The summed E-state index contributed by atoms with van der Waals surface area (Å²) in [5.74, 6) is 0. The molecule has 3 heteroatoms. The van der Waals surface area contributed by atoms with Crippen LogP contribution in [0.4, 0.5) is 17.1 Å². The third-order valence-electron chi connectivity index (χ3n) is 11.6. The number of anilines is 3. The predicted octanol–water partition coefficient (Wildman–Crippen LogP) is 15.7. The van der Waals surface area contributed by atoms with Crippen molar-refractivity contribution >= 4 is 93.3 Å². The molecule has 0 spiro atoms. The molecule has 12 rings (SSSR count). The molecule has 0 N–H and O–H groups in total. The number of rotatable bonds is 5. The van der Waals surface area contributed by atoms with E-state index in [-0.39, 0.29) is 0 Å². The van der Waals surface area contributed by atoms with Gasteiger partial charge in [-0.15, -0.1) is 0 Å². The van der Waals surface area contributed by atoms with E-state index >= 15 is 0 Å². The minimum atomic E-state index is 0.867. The molecule has 0 fully saturated rings. The van der Waals surface area contributed by atoms with Crippen molar-refractivity contribution in [1.29, 1.82) is 0 Å². The van der Waals surface area contributed by atoms with Gasteiger partial charge in [0.2, 0.25) is 0 Å². The first kappa shape index (κ1) is 31.7. The highest BCUT2D eigenvalue weighted by molar-refractivity contribution is 6.18. The molecule has 3 nitrogen and oxygen atoms in total. The lowest BCUT2D eigenvalue weighted by Crippen LogP contribution is -2.11. The first-order chi connectivity index (χ1) is 28.3. The largest absolute Gasteiger partial charge is 0.456 e. The Labute approximate surface area is 328 Å². The van der Waals surface area contributed by atoms with Crippen LogP contribution in [0.25, 0.3) is 98.4 Å². The molecule has 2 heterocycles. The molecule has 0 saturated carbocycles. The monoisotopic (exact) mass is 727 g/mol. The molecule has 0 bridgehead atoms. The van der Waals surface area contributed by atoms with Crippen LogP contribution in [-0.4, -0.2) is 0 Å². The van der Waals surface area contributed by atoms with Gasteiger partial charge in [0.05, 0.1) is 5.69 Å². The van der Waals surface area contributed by atoms with Gasteiger partial charge in [0.1, 0.15) is 22.3 Å². The maximum atomic E-state index is 6.89. The Kier molecular flexibility index (Phi) is 6.93. The van der Waals surface area contributed by atoms with Crippen molar-refractivity contribution in [2.24, 2.45) is 0 Å². The fraction of sp³-hybridized carbons (Fsp3) is 0. The molecule has 0 atom stereocenters. The summed E-state index contributed by atoms with van der Waals surface area (Å²) in [6.07, 6.45) is 0. The van der Waals surface area contributed by atoms with Crippen LogP contribution < -0.4 is 4.90 Å². The lowest BCUT2D eigenvalue weighted by atomic mass is 9.93. The summed E-state index contributed by atoms with van der Waals surface area (Å²) in [7, 11) is 0. The Morgan fingerprint density at radius 3 is 1.81 bits per heavy atom. The summed E-state index contributed by atoms with van der Waals surface area (Å²) in [5, 5.41) is 11.7. The molecular formula is C54H33NO2. The Bertz CT molecular complexity index is 3530. The molecule has 10 aromatic carbocycles. The highest BCUT2D eigenvalue weighted by Crippen LogP contribution is 2.46. The predicted molar refractivity (Wildman–Crippen MR) is 239 cm³/mol. The molecular weight excluding hydrogens is 695 g/mol. The lowest BCUT2D eigenvalue weighted by molar-refractivity contribution is 0.669. The van der Waals surface area contributed by atoms with Gasteiger partial charge >= 0.3 is 0 Å². The Hall–Kier alpha value is -7.62. The fourth-order valence-electron chi connectivity index (χ4n) is 9.00. The van der Waals surface area contributed by atoms with Crippen LogP contribution in [0.15, 0.2) is 209 Å². The van der Waals surface area contributed by atoms with Crippen LogP contribution in [0.1, 0.15) is 0 Å². The topological polar surface area (TPSA) is 29.5 Å². The van der Waals surface area contributed by atoms with E-state index in [4.69, 9.17) is 8.83 Å². The van der Waals surface area contributed by atoms with Gasteiger partial charge in [0, 0.05) is 49.4 Å². The quantitative estimate of drug-likeness (QED) is 0.165. The van der Waals surface area contributed by atoms with E-state index in [1.54, 1.807) is 0 Å². The van der Waals surface area contributed by atoms with Crippen LogP contribution in [0.5, 0.6) is 0 Å². The highest BCUT2D eigenvalue weighted by Gasteiger charge is 2.22. The summed E-state index contributed by atoms with van der Waals surface area (Å²) in [6.45, 7) is 0. The highest BCUT2D eigenvalue weighted by atomic mass is 16.3. The number of nitrogens with zero attached hydrogens (tertiary/aromatic N) is 1. The second kappa shape index (κ2) is 12.5. The maximum absolute atomic E-state index is 6.89. The summed E-state index contributed by atoms with van der Waals surface area (Å²) < 4.78 is 13.2. The summed E-state index contributed by atoms with van der Waals surface area (Å²) >= 11 is 0. The van der Waals surface area contributed by atoms with Crippen molar-refractivity contribution in [3.05, 3.63) is 200 Å². The number of benzene rings is 10. The summed E-state index contributed by atoms with van der Waals surface area (Å²) in [5.41, 5.74) is 11.2. The smallest absolute Gasteiger partial charge is 0.143 e. The van der Waals surface area contributed by atoms with Crippen molar-refractivity contribution in [3.8, 4) is 22.3 Å². The van der Waals surface area contributed by atoms with Gasteiger partial charge in [-0.2, -0.15) is 0 Å². The zero-order chi connectivity index (χ0) is 37.5. The molecule has 0 aliphatic carbocycles. The average molecular weight is 728 g/mol. The first-order valence-electron chi connectivity index (χ1n) is 19.4. The van der Waals surface area contributed by atoms with Crippen molar-refractivity contribution < 1.29 is 8.83 Å². The van der Waals surface area contributed by atoms with E-state index in [2.05, 4.69) is 193 Å². The van der Waals surface area contributed by atoms with E-state index in [1.807, 2.05) is 12.1 Å². The van der Waals surface area contributed by atoms with Crippen molar-refractivity contribution in [3.63, 3.8) is 0 Å². The molecule has 266 valence electrons. The maximum Gasteiger partial charge on any atom is 0.143 e. The van der Waals surface area contributed by atoms with E-state index < -0.39 is 0 Å². The van der Waals surface area contributed by atoms with Crippen LogP contribution in [0, 0.1) is 0 Å². The summed E-state index contributed by atoms with van der Waals surface area (Å²) in [6, 6.07) is 71.6. The molecule has 57 heavy (non-hydrogen) atoms. The van der Waals surface area contributed by atoms with E-state index in [1.165, 1.54) is 38.1 Å². The van der Waals surface area contributed by atoms with Crippen LogP contribution >= 0.6 is 0 Å². The van der Waals surface area contributed by atoms with Gasteiger partial charge in [-0.1, -0.05) is 146 Å². The average Bonchev–Trinajstić information content (AvgIpc) is 3.85. The molecule has 0 amide bonds. The number of furan rings is 2. The number of hydrogen-bond acceptors (Lipinski definition) is 3. The molecule has 2 aromatic heterocycles. The van der Waals surface area contributed by atoms with Gasteiger partial charge in [0.15, 0.2) is 0 Å². The first-order valence-corrected chi connectivity index (χ1v) is 19.4. The molecule has 0 radical (unpaired) electrons. The normalized spacial score (nSPS) is 11.9. The number of fused-ring (bicyclic) bond motifs is 11. The SMILES string of the molecule is c1ccc(N(c2ccc(-c3cc4ccccc4c4ccccc34)cc2)c2ccc3oc4ccccc4c3c2)c(-c2cccc3c2oc2c4ccccc4ccc32)c1. The van der Waals surface area contributed by atoms with Crippen molar-refractivity contribution in [2.75, 3.05) is 4.90 Å². The third-order valence-corrected chi connectivity index (χ3v) is 11.6. The Morgan fingerprint density at radius 2 is 0.930 bits per heavy atom. The lowest BCUT2D eigenvalue weighted by Gasteiger charge is -2.28. The molecule has 0 aliphatic rings. The van der Waals surface area contributed by atoms with Gasteiger partial charge in [-0.05, 0) is 92.7 Å². The van der Waals surface area contributed by atoms with Gasteiger partial charge in [-0.3, -0.25) is 0 Å². The van der Waals surface area contributed by atoms with Crippen LogP contribution in [0.2, 0.25) is 0 Å². The minimum absolute atomic E-state index is 0.867. The Morgan fingerprint density at radius 1 is 0.298 bits per heavy atom. The fourth-order valence-corrected chi connectivity index (χ4v) is 9.00.